The van der Waals surface area contributed by atoms with Gasteiger partial charge in [-0.2, -0.15) is 0 Å². The van der Waals surface area contributed by atoms with E-state index in [2.05, 4.69) is 26.8 Å². The molecule has 0 spiro atoms. The summed E-state index contributed by atoms with van der Waals surface area (Å²) < 4.78 is 2.15. The molecule has 1 saturated heterocycles. The molecule has 2 fully saturated rings. The number of nitrogens with zero attached hydrogens (tertiary/aromatic N) is 3. The zero-order valence-electron chi connectivity index (χ0n) is 11.3. The number of aryl methyl sites for hydroxylation is 1. The van der Waals surface area contributed by atoms with Crippen LogP contribution in [0.2, 0.25) is 0 Å². The first-order valence-corrected chi connectivity index (χ1v) is 7.24. The van der Waals surface area contributed by atoms with Gasteiger partial charge >= 0.3 is 0 Å². The van der Waals surface area contributed by atoms with Gasteiger partial charge in [0.1, 0.15) is 5.82 Å². The van der Waals surface area contributed by atoms with E-state index in [-0.39, 0.29) is 0 Å². The molecule has 18 heavy (non-hydrogen) atoms. The highest BCUT2D eigenvalue weighted by Crippen LogP contribution is 2.30. The fraction of sp³-hybridized carbons (Fsp3) is 0.786. The van der Waals surface area contributed by atoms with Gasteiger partial charge in [-0.05, 0) is 44.7 Å². The van der Waals surface area contributed by atoms with E-state index in [1.807, 2.05) is 12.4 Å². The Bertz CT molecular complexity index is 377. The lowest BCUT2D eigenvalue weighted by Gasteiger charge is -2.30. The van der Waals surface area contributed by atoms with E-state index < -0.39 is 0 Å². The van der Waals surface area contributed by atoms with Crippen molar-refractivity contribution in [2.75, 3.05) is 19.6 Å². The molecule has 0 unspecified atom stereocenters. The Kier molecular flexibility index (Phi) is 3.66. The van der Waals surface area contributed by atoms with E-state index in [0.29, 0.717) is 0 Å². The average molecular weight is 248 g/mol. The first-order valence-electron chi connectivity index (χ1n) is 7.24. The van der Waals surface area contributed by atoms with Gasteiger partial charge < -0.3 is 9.88 Å². The van der Waals surface area contributed by atoms with Crippen molar-refractivity contribution in [1.82, 2.24) is 19.8 Å². The minimum absolute atomic E-state index is 0.830. The Balaban J connectivity index is 1.59. The van der Waals surface area contributed by atoms with Gasteiger partial charge in [0.2, 0.25) is 0 Å². The lowest BCUT2D eigenvalue weighted by atomic mass is 9.97. The smallest absolute Gasteiger partial charge is 0.122 e. The van der Waals surface area contributed by atoms with Gasteiger partial charge in [-0.15, -0.1) is 0 Å². The molecule has 0 amide bonds. The molecule has 4 heteroatoms. The van der Waals surface area contributed by atoms with Crippen molar-refractivity contribution in [3.63, 3.8) is 0 Å². The second-order valence-corrected chi connectivity index (χ2v) is 5.81. The van der Waals surface area contributed by atoms with Crippen LogP contribution < -0.4 is 5.32 Å². The maximum atomic E-state index is 4.47. The molecule has 2 heterocycles. The molecule has 0 atom stereocenters. The summed E-state index contributed by atoms with van der Waals surface area (Å²) in [7, 11) is 2.10. The predicted molar refractivity (Wildman–Crippen MR) is 72.2 cm³/mol. The van der Waals surface area contributed by atoms with Gasteiger partial charge in [-0.1, -0.05) is 0 Å². The standard InChI is InChI=1S/C14H24N4/c1-17-9-8-16-14(17)11-18(13-2-3-13)10-12-4-6-15-7-5-12/h8-9,12-13,15H,2-7,10-11H2,1H3. The van der Waals surface area contributed by atoms with Crippen LogP contribution in [0.4, 0.5) is 0 Å². The molecular formula is C14H24N4. The van der Waals surface area contributed by atoms with Crippen molar-refractivity contribution < 1.29 is 0 Å². The maximum absolute atomic E-state index is 4.47. The Morgan fingerprint density at radius 3 is 2.72 bits per heavy atom. The van der Waals surface area contributed by atoms with Crippen molar-refractivity contribution in [2.45, 2.75) is 38.3 Å². The second-order valence-electron chi connectivity index (χ2n) is 5.81. The van der Waals surface area contributed by atoms with Crippen LogP contribution in [-0.2, 0) is 13.6 Å². The number of piperidine rings is 1. The Hall–Kier alpha value is -0.870. The molecule has 2 aliphatic rings. The molecule has 1 aliphatic carbocycles. The van der Waals surface area contributed by atoms with Crippen molar-refractivity contribution in [3.8, 4) is 0 Å². The monoisotopic (exact) mass is 248 g/mol. The molecule has 3 rings (SSSR count). The van der Waals surface area contributed by atoms with E-state index in [1.54, 1.807) is 0 Å². The van der Waals surface area contributed by atoms with Crippen LogP contribution in [0.5, 0.6) is 0 Å². The summed E-state index contributed by atoms with van der Waals surface area (Å²) in [5, 5.41) is 3.45. The number of nitrogens with one attached hydrogen (secondary N) is 1. The fourth-order valence-electron chi connectivity index (χ4n) is 2.91. The second kappa shape index (κ2) is 5.41. The average Bonchev–Trinajstić information content (AvgIpc) is 3.16. The molecule has 1 N–H and O–H groups in total. The molecule has 1 aromatic rings. The van der Waals surface area contributed by atoms with E-state index in [4.69, 9.17) is 0 Å². The van der Waals surface area contributed by atoms with Crippen molar-refractivity contribution in [1.29, 1.82) is 0 Å². The number of hydrogen-bond acceptors (Lipinski definition) is 3. The normalized spacial score (nSPS) is 21.7. The largest absolute Gasteiger partial charge is 0.337 e. The highest BCUT2D eigenvalue weighted by atomic mass is 15.2. The first-order chi connectivity index (χ1) is 8.83. The van der Waals surface area contributed by atoms with Crippen molar-refractivity contribution >= 4 is 0 Å². The van der Waals surface area contributed by atoms with Crippen molar-refractivity contribution in [2.24, 2.45) is 13.0 Å². The summed E-state index contributed by atoms with van der Waals surface area (Å²) in [5.74, 6) is 2.09. The number of imidazole rings is 1. The lowest BCUT2D eigenvalue weighted by Crippen LogP contribution is -2.37. The third kappa shape index (κ3) is 2.93. The third-order valence-electron chi connectivity index (χ3n) is 4.28. The summed E-state index contributed by atoms with van der Waals surface area (Å²) in [6.07, 6.45) is 9.40. The summed E-state index contributed by atoms with van der Waals surface area (Å²) in [4.78, 5) is 7.13. The number of aromatic nitrogens is 2. The topological polar surface area (TPSA) is 33.1 Å². The lowest BCUT2D eigenvalue weighted by molar-refractivity contribution is 0.185. The Morgan fingerprint density at radius 1 is 1.33 bits per heavy atom. The zero-order valence-corrected chi connectivity index (χ0v) is 11.3. The first kappa shape index (κ1) is 12.2. The SMILES string of the molecule is Cn1ccnc1CN(CC1CCNCC1)C1CC1. The summed E-state index contributed by atoms with van der Waals surface area (Å²) in [6.45, 7) is 4.69. The molecule has 1 saturated carbocycles. The number of hydrogen-bond donors (Lipinski definition) is 1. The number of rotatable bonds is 5. The van der Waals surface area contributed by atoms with Crippen LogP contribution in [0, 0.1) is 5.92 Å². The molecular weight excluding hydrogens is 224 g/mol. The maximum Gasteiger partial charge on any atom is 0.122 e. The van der Waals surface area contributed by atoms with E-state index in [0.717, 1.165) is 18.5 Å². The third-order valence-corrected chi connectivity index (χ3v) is 4.28. The van der Waals surface area contributed by atoms with Crippen LogP contribution in [0.15, 0.2) is 12.4 Å². The Morgan fingerprint density at radius 2 is 2.11 bits per heavy atom. The minimum atomic E-state index is 0.830. The van der Waals surface area contributed by atoms with E-state index >= 15 is 0 Å². The molecule has 1 aromatic heterocycles. The highest BCUT2D eigenvalue weighted by Gasteiger charge is 2.31. The summed E-state index contributed by atoms with van der Waals surface area (Å²) >= 11 is 0. The summed E-state index contributed by atoms with van der Waals surface area (Å²) in [5.41, 5.74) is 0. The van der Waals surface area contributed by atoms with Crippen LogP contribution in [-0.4, -0.2) is 40.1 Å². The zero-order chi connectivity index (χ0) is 12.4. The minimum Gasteiger partial charge on any atom is -0.337 e. The van der Waals surface area contributed by atoms with E-state index in [9.17, 15) is 0 Å². The van der Waals surface area contributed by atoms with E-state index in [1.165, 1.54) is 51.1 Å². The fourth-order valence-corrected chi connectivity index (χ4v) is 2.91. The Labute approximate surface area is 109 Å². The van der Waals surface area contributed by atoms with Gasteiger partial charge in [0, 0.05) is 32.0 Å². The molecule has 100 valence electrons. The quantitative estimate of drug-likeness (QED) is 0.854. The van der Waals surface area contributed by atoms with Crippen molar-refractivity contribution in [3.05, 3.63) is 18.2 Å². The molecule has 0 bridgehead atoms. The van der Waals surface area contributed by atoms with Crippen LogP contribution in [0.25, 0.3) is 0 Å². The molecule has 0 radical (unpaired) electrons. The van der Waals surface area contributed by atoms with Crippen LogP contribution in [0.1, 0.15) is 31.5 Å². The molecule has 0 aromatic carbocycles. The highest BCUT2D eigenvalue weighted by molar-refractivity contribution is 4.95. The van der Waals surface area contributed by atoms with Gasteiger partial charge in [0.25, 0.3) is 0 Å². The van der Waals surface area contributed by atoms with Gasteiger partial charge in [0.05, 0.1) is 6.54 Å². The van der Waals surface area contributed by atoms with Gasteiger partial charge in [-0.25, -0.2) is 4.98 Å². The van der Waals surface area contributed by atoms with Gasteiger partial charge in [-0.3, -0.25) is 4.90 Å². The van der Waals surface area contributed by atoms with Gasteiger partial charge in [0.15, 0.2) is 0 Å². The molecule has 4 nitrogen and oxygen atoms in total. The van der Waals surface area contributed by atoms with Crippen LogP contribution in [0.3, 0.4) is 0 Å². The molecule has 1 aliphatic heterocycles. The summed E-state index contributed by atoms with van der Waals surface area (Å²) in [6, 6.07) is 0.830. The van der Waals surface area contributed by atoms with Crippen LogP contribution >= 0.6 is 0 Å². The predicted octanol–water partition coefficient (Wildman–Crippen LogP) is 1.38.